The van der Waals surface area contributed by atoms with E-state index in [1.54, 1.807) is 24.3 Å². The van der Waals surface area contributed by atoms with Gasteiger partial charge in [0.2, 0.25) is 0 Å². The molecule has 0 aliphatic carbocycles. The zero-order valence-electron chi connectivity index (χ0n) is 12.8. The Morgan fingerprint density at radius 2 is 1.61 bits per heavy atom. The smallest absolute Gasteiger partial charge is 0.283 e. The monoisotopic (exact) mass is 326 g/mol. The number of anilines is 2. The molecule has 0 bridgehead atoms. The van der Waals surface area contributed by atoms with Gasteiger partial charge < -0.3 is 5.32 Å². The first-order chi connectivity index (χ1) is 11.0. The molecule has 0 saturated carbocycles. The van der Waals surface area contributed by atoms with Crippen LogP contribution >= 0.6 is 11.6 Å². The predicted molar refractivity (Wildman–Crippen MR) is 91.4 cm³/mol. The minimum atomic E-state index is -0.515. The summed E-state index contributed by atoms with van der Waals surface area (Å²) in [6.45, 7) is 3.91. The Kier molecular flexibility index (Phi) is 3.92. The van der Waals surface area contributed by atoms with E-state index in [9.17, 15) is 9.59 Å². The van der Waals surface area contributed by atoms with Gasteiger partial charge in [-0.3, -0.25) is 9.59 Å². The molecule has 1 aliphatic heterocycles. The molecule has 0 spiro atoms. The van der Waals surface area contributed by atoms with Crippen molar-refractivity contribution in [1.29, 1.82) is 0 Å². The normalized spacial score (nSPS) is 14.7. The van der Waals surface area contributed by atoms with Crippen LogP contribution in [0, 0.1) is 13.8 Å². The van der Waals surface area contributed by atoms with E-state index in [0.717, 1.165) is 16.0 Å². The highest BCUT2D eigenvalue weighted by atomic mass is 35.5. The third-order valence-electron chi connectivity index (χ3n) is 3.82. The van der Waals surface area contributed by atoms with Crippen LogP contribution in [0.1, 0.15) is 11.1 Å². The zero-order chi connectivity index (χ0) is 16.6. The minimum Gasteiger partial charge on any atom is -0.350 e. The second-order valence-corrected chi connectivity index (χ2v) is 5.77. The molecule has 2 aromatic carbocycles. The van der Waals surface area contributed by atoms with E-state index in [0.29, 0.717) is 11.4 Å². The van der Waals surface area contributed by atoms with Crippen molar-refractivity contribution in [1.82, 2.24) is 0 Å². The fraction of sp³-hybridized carbons (Fsp3) is 0.111. The van der Waals surface area contributed by atoms with Gasteiger partial charge in [-0.05, 0) is 49.2 Å². The number of carbonyl (C=O) groups is 2. The molecule has 2 amide bonds. The molecular weight excluding hydrogens is 312 g/mol. The molecule has 116 valence electrons. The van der Waals surface area contributed by atoms with Crippen molar-refractivity contribution in [3.8, 4) is 0 Å². The molecule has 3 rings (SSSR count). The van der Waals surface area contributed by atoms with Crippen LogP contribution in [0.2, 0.25) is 0 Å². The predicted octanol–water partition coefficient (Wildman–Crippen LogP) is 3.74. The van der Waals surface area contributed by atoms with Crippen LogP contribution in [0.15, 0.2) is 59.3 Å². The summed E-state index contributed by atoms with van der Waals surface area (Å²) in [7, 11) is 0. The van der Waals surface area contributed by atoms with Gasteiger partial charge in [0.25, 0.3) is 11.8 Å². The van der Waals surface area contributed by atoms with Crippen LogP contribution in [-0.2, 0) is 9.59 Å². The molecule has 0 fully saturated rings. The van der Waals surface area contributed by atoms with E-state index in [2.05, 4.69) is 5.32 Å². The number of hydrogen-bond acceptors (Lipinski definition) is 3. The largest absolute Gasteiger partial charge is 0.350 e. The number of hydrogen-bond donors (Lipinski definition) is 1. The van der Waals surface area contributed by atoms with Crippen LogP contribution in [0.3, 0.4) is 0 Å². The Morgan fingerprint density at radius 1 is 0.913 bits per heavy atom. The molecule has 1 heterocycles. The molecule has 2 aromatic rings. The number of nitrogens with zero attached hydrogens (tertiary/aromatic N) is 1. The number of imide groups is 1. The Hall–Kier alpha value is -2.59. The lowest BCUT2D eigenvalue weighted by atomic mass is 10.1. The number of para-hydroxylation sites is 1. The van der Waals surface area contributed by atoms with E-state index >= 15 is 0 Å². The van der Waals surface area contributed by atoms with Crippen LogP contribution in [0.25, 0.3) is 0 Å². The average molecular weight is 327 g/mol. The molecule has 1 aliphatic rings. The van der Waals surface area contributed by atoms with Crippen LogP contribution < -0.4 is 10.2 Å². The van der Waals surface area contributed by atoms with Crippen molar-refractivity contribution in [2.24, 2.45) is 0 Å². The molecule has 0 unspecified atom stereocenters. The van der Waals surface area contributed by atoms with E-state index in [4.69, 9.17) is 11.6 Å². The van der Waals surface area contributed by atoms with Crippen molar-refractivity contribution in [2.45, 2.75) is 13.8 Å². The second-order valence-electron chi connectivity index (χ2n) is 5.39. The minimum absolute atomic E-state index is 0.0982. The number of benzene rings is 2. The Bertz CT molecular complexity index is 828. The molecule has 1 N–H and O–H groups in total. The van der Waals surface area contributed by atoms with Gasteiger partial charge in [-0.25, -0.2) is 4.90 Å². The molecule has 0 saturated heterocycles. The Morgan fingerprint density at radius 3 is 2.26 bits per heavy atom. The van der Waals surface area contributed by atoms with Crippen LogP contribution in [-0.4, -0.2) is 11.8 Å². The molecule has 4 nitrogen and oxygen atoms in total. The molecule has 0 atom stereocenters. The number of rotatable bonds is 3. The topological polar surface area (TPSA) is 49.4 Å². The molecule has 5 heteroatoms. The summed E-state index contributed by atoms with van der Waals surface area (Å²) in [5, 5.41) is 2.83. The lowest BCUT2D eigenvalue weighted by Gasteiger charge is -2.16. The first-order valence-electron chi connectivity index (χ1n) is 7.17. The maximum absolute atomic E-state index is 12.6. The van der Waals surface area contributed by atoms with Gasteiger partial charge in [-0.1, -0.05) is 35.9 Å². The summed E-state index contributed by atoms with van der Waals surface area (Å²) in [6, 6.07) is 14.6. The zero-order valence-corrected chi connectivity index (χ0v) is 13.5. The van der Waals surface area contributed by atoms with Crippen LogP contribution in [0.4, 0.5) is 11.4 Å². The first kappa shape index (κ1) is 15.3. The third-order valence-corrected chi connectivity index (χ3v) is 4.17. The summed E-state index contributed by atoms with van der Waals surface area (Å²) < 4.78 is 0. The summed E-state index contributed by atoms with van der Waals surface area (Å²) in [5.41, 5.74) is 3.41. The number of carbonyl (C=O) groups excluding carboxylic acids is 2. The highest BCUT2D eigenvalue weighted by Crippen LogP contribution is 2.30. The number of nitrogens with one attached hydrogen (secondary N) is 1. The Labute approximate surface area is 139 Å². The SMILES string of the molecule is Cc1ccc(N2C(=O)C(Cl)=C(Nc3ccccc3)C2=O)cc1C. The number of aryl methyl sites for hydroxylation is 2. The third kappa shape index (κ3) is 2.73. The summed E-state index contributed by atoms with van der Waals surface area (Å²) in [6.07, 6.45) is 0. The molecule has 23 heavy (non-hydrogen) atoms. The van der Waals surface area contributed by atoms with E-state index < -0.39 is 11.8 Å². The lowest BCUT2D eigenvalue weighted by Crippen LogP contribution is -2.32. The molecular formula is C18H15ClN2O2. The number of amides is 2. The molecule has 0 radical (unpaired) electrons. The van der Waals surface area contributed by atoms with E-state index in [1.165, 1.54) is 0 Å². The highest BCUT2D eigenvalue weighted by Gasteiger charge is 2.38. The van der Waals surface area contributed by atoms with Gasteiger partial charge in [-0.2, -0.15) is 0 Å². The van der Waals surface area contributed by atoms with Gasteiger partial charge in [0.15, 0.2) is 0 Å². The van der Waals surface area contributed by atoms with Crippen molar-refractivity contribution >= 4 is 34.8 Å². The van der Waals surface area contributed by atoms with Gasteiger partial charge in [-0.15, -0.1) is 0 Å². The van der Waals surface area contributed by atoms with Crippen molar-refractivity contribution in [3.63, 3.8) is 0 Å². The van der Waals surface area contributed by atoms with Gasteiger partial charge >= 0.3 is 0 Å². The number of halogens is 1. The van der Waals surface area contributed by atoms with Crippen molar-refractivity contribution in [2.75, 3.05) is 10.2 Å². The maximum atomic E-state index is 12.6. The fourth-order valence-corrected chi connectivity index (χ4v) is 2.59. The van der Waals surface area contributed by atoms with Gasteiger partial charge in [0, 0.05) is 5.69 Å². The summed E-state index contributed by atoms with van der Waals surface area (Å²) in [4.78, 5) is 26.1. The maximum Gasteiger partial charge on any atom is 0.283 e. The quantitative estimate of drug-likeness (QED) is 0.874. The van der Waals surface area contributed by atoms with Crippen molar-refractivity contribution < 1.29 is 9.59 Å². The highest BCUT2D eigenvalue weighted by molar-refractivity contribution is 6.53. The average Bonchev–Trinajstić information content (AvgIpc) is 2.75. The van der Waals surface area contributed by atoms with Crippen molar-refractivity contribution in [3.05, 3.63) is 70.4 Å². The van der Waals surface area contributed by atoms with Gasteiger partial charge in [0.05, 0.1) is 5.69 Å². The first-order valence-corrected chi connectivity index (χ1v) is 7.54. The standard InChI is InChI=1S/C18H15ClN2O2/c1-11-8-9-14(10-12(11)2)21-17(22)15(19)16(18(21)23)20-13-6-4-3-5-7-13/h3-10,20H,1-2H3. The summed E-state index contributed by atoms with van der Waals surface area (Å²) in [5.74, 6) is -0.967. The summed E-state index contributed by atoms with van der Waals surface area (Å²) >= 11 is 6.09. The lowest BCUT2D eigenvalue weighted by molar-refractivity contribution is -0.120. The van der Waals surface area contributed by atoms with Crippen LogP contribution in [0.5, 0.6) is 0 Å². The van der Waals surface area contributed by atoms with Gasteiger partial charge in [0.1, 0.15) is 10.7 Å². The van der Waals surface area contributed by atoms with E-state index in [-0.39, 0.29) is 10.7 Å². The second kappa shape index (κ2) is 5.89. The van der Waals surface area contributed by atoms with E-state index in [1.807, 2.05) is 38.1 Å². The fourth-order valence-electron chi connectivity index (χ4n) is 2.38. The Balaban J connectivity index is 1.94. The molecule has 0 aromatic heterocycles.